The fourth-order valence-corrected chi connectivity index (χ4v) is 2.97. The summed E-state index contributed by atoms with van der Waals surface area (Å²) in [4.78, 5) is 4.21. The maximum absolute atomic E-state index is 12.4. The zero-order chi connectivity index (χ0) is 20.5. The van der Waals surface area contributed by atoms with Gasteiger partial charge in [0.15, 0.2) is 0 Å². The monoisotopic (exact) mass is 414 g/mol. The summed E-state index contributed by atoms with van der Waals surface area (Å²) in [5.74, 6) is 1.33. The number of alkyl halides is 3. The second-order valence-corrected chi connectivity index (χ2v) is 7.26. The molecule has 0 saturated carbocycles. The highest BCUT2D eigenvalue weighted by molar-refractivity contribution is 7.99. The Morgan fingerprint density at radius 1 is 1.14 bits per heavy atom. The molecule has 0 bridgehead atoms. The van der Waals surface area contributed by atoms with Crippen LogP contribution in [0.4, 0.5) is 13.2 Å². The molecule has 0 N–H and O–H groups in total. The molecular formula is C17H17F3N4O3S. The minimum atomic E-state index is -4.48. The average molecular weight is 414 g/mol. The van der Waals surface area contributed by atoms with Gasteiger partial charge in [0.25, 0.3) is 5.22 Å². The fraction of sp³-hybridized carbons (Fsp3) is 0.412. The minimum Gasteiger partial charge on any atom is -0.492 e. The Morgan fingerprint density at radius 2 is 1.82 bits per heavy atom. The number of nitrogens with zero attached hydrogens (tertiary/aromatic N) is 4. The van der Waals surface area contributed by atoms with Crippen molar-refractivity contribution in [1.82, 2.24) is 20.3 Å². The van der Waals surface area contributed by atoms with Crippen LogP contribution < -0.4 is 4.74 Å². The van der Waals surface area contributed by atoms with Gasteiger partial charge in [-0.1, -0.05) is 12.1 Å². The van der Waals surface area contributed by atoms with Gasteiger partial charge in [0.05, 0.1) is 12.5 Å². The SMILES string of the molecule is Cc1nc(-c2cc(C)c(OCC(C)c3nnc(SC(F)(F)F)o3)c(C)c2)no1. The van der Waals surface area contributed by atoms with Crippen molar-refractivity contribution >= 4 is 11.8 Å². The van der Waals surface area contributed by atoms with Gasteiger partial charge in [-0.15, -0.1) is 10.2 Å². The first-order valence-corrected chi connectivity index (χ1v) is 9.08. The molecule has 11 heteroatoms. The third kappa shape index (κ3) is 4.83. The normalized spacial score (nSPS) is 13.0. The van der Waals surface area contributed by atoms with Gasteiger partial charge in [-0.2, -0.15) is 18.2 Å². The summed E-state index contributed by atoms with van der Waals surface area (Å²) < 4.78 is 53.0. The van der Waals surface area contributed by atoms with Crippen LogP contribution in [0.15, 0.2) is 26.3 Å². The fourth-order valence-electron chi connectivity index (χ4n) is 2.56. The maximum atomic E-state index is 12.4. The van der Waals surface area contributed by atoms with Crippen LogP contribution in [-0.2, 0) is 0 Å². The van der Waals surface area contributed by atoms with Gasteiger partial charge in [0.1, 0.15) is 5.75 Å². The van der Waals surface area contributed by atoms with E-state index < -0.39 is 22.5 Å². The van der Waals surface area contributed by atoms with E-state index in [1.165, 1.54) is 0 Å². The summed E-state index contributed by atoms with van der Waals surface area (Å²) in [5.41, 5.74) is -1.94. The van der Waals surface area contributed by atoms with Gasteiger partial charge < -0.3 is 13.7 Å². The van der Waals surface area contributed by atoms with E-state index in [4.69, 9.17) is 13.7 Å². The van der Waals surface area contributed by atoms with E-state index in [0.29, 0.717) is 17.5 Å². The summed E-state index contributed by atoms with van der Waals surface area (Å²) in [7, 11) is 0. The lowest BCUT2D eigenvalue weighted by atomic mass is 10.1. The predicted molar refractivity (Wildman–Crippen MR) is 94.1 cm³/mol. The van der Waals surface area contributed by atoms with E-state index >= 15 is 0 Å². The van der Waals surface area contributed by atoms with Crippen molar-refractivity contribution in [3.05, 3.63) is 35.0 Å². The summed E-state index contributed by atoms with van der Waals surface area (Å²) in [6.07, 6.45) is 0. The van der Waals surface area contributed by atoms with Gasteiger partial charge in [0.2, 0.25) is 17.6 Å². The lowest BCUT2D eigenvalue weighted by Crippen LogP contribution is -2.09. The first-order chi connectivity index (χ1) is 13.1. The molecule has 150 valence electrons. The van der Waals surface area contributed by atoms with Crippen molar-refractivity contribution in [3.8, 4) is 17.1 Å². The summed E-state index contributed by atoms with van der Waals surface area (Å²) in [6.45, 7) is 7.38. The van der Waals surface area contributed by atoms with Gasteiger partial charge >= 0.3 is 5.51 Å². The number of benzene rings is 1. The number of aromatic nitrogens is 4. The molecular weight excluding hydrogens is 397 g/mol. The number of ether oxygens (including phenoxy) is 1. The standard InChI is InChI=1S/C17H17F3N4O3S/c1-8-5-12(14-21-11(4)27-24-14)6-9(2)13(8)25-7-10(3)15-22-23-16(26-15)28-17(18,19)20/h5-6,10H,7H2,1-4H3. The molecule has 0 aliphatic rings. The van der Waals surface area contributed by atoms with Crippen LogP contribution in [0.25, 0.3) is 11.4 Å². The van der Waals surface area contributed by atoms with Gasteiger partial charge in [-0.25, -0.2) is 0 Å². The second-order valence-electron chi connectivity index (χ2n) is 6.24. The minimum absolute atomic E-state index is 0.0842. The van der Waals surface area contributed by atoms with Crippen LogP contribution in [0, 0.1) is 20.8 Å². The summed E-state index contributed by atoms with van der Waals surface area (Å²) in [5, 5.41) is 10.4. The Balaban J connectivity index is 1.69. The number of hydrogen-bond acceptors (Lipinski definition) is 8. The van der Waals surface area contributed by atoms with Gasteiger partial charge in [-0.3, -0.25) is 0 Å². The molecule has 1 unspecified atom stereocenters. The number of aryl methyl sites for hydroxylation is 3. The zero-order valence-electron chi connectivity index (χ0n) is 15.5. The van der Waals surface area contributed by atoms with Crippen molar-refractivity contribution in [2.75, 3.05) is 6.61 Å². The topological polar surface area (TPSA) is 87.1 Å². The third-order valence-electron chi connectivity index (χ3n) is 3.77. The molecule has 7 nitrogen and oxygen atoms in total. The van der Waals surface area contributed by atoms with Crippen molar-refractivity contribution in [3.63, 3.8) is 0 Å². The molecule has 0 aliphatic heterocycles. The zero-order valence-corrected chi connectivity index (χ0v) is 16.3. The molecule has 28 heavy (non-hydrogen) atoms. The Labute approximate surface area is 162 Å². The van der Waals surface area contributed by atoms with Crippen LogP contribution >= 0.6 is 11.8 Å². The second kappa shape index (κ2) is 7.82. The van der Waals surface area contributed by atoms with Crippen molar-refractivity contribution in [2.24, 2.45) is 0 Å². The highest BCUT2D eigenvalue weighted by Gasteiger charge is 2.33. The Hall–Kier alpha value is -2.56. The predicted octanol–water partition coefficient (Wildman–Crippen LogP) is 4.84. The lowest BCUT2D eigenvalue weighted by molar-refractivity contribution is -0.0337. The van der Waals surface area contributed by atoms with Crippen LogP contribution in [-0.4, -0.2) is 32.5 Å². The van der Waals surface area contributed by atoms with E-state index in [0.717, 1.165) is 16.7 Å². The first kappa shape index (κ1) is 20.2. The highest BCUT2D eigenvalue weighted by atomic mass is 32.2. The quantitative estimate of drug-likeness (QED) is 0.530. The Bertz CT molecular complexity index is 948. The lowest BCUT2D eigenvalue weighted by Gasteiger charge is -2.15. The molecule has 0 radical (unpaired) electrons. The van der Waals surface area contributed by atoms with E-state index in [1.54, 1.807) is 13.8 Å². The first-order valence-electron chi connectivity index (χ1n) is 8.26. The van der Waals surface area contributed by atoms with Crippen LogP contribution in [0.1, 0.15) is 35.7 Å². The van der Waals surface area contributed by atoms with Crippen molar-refractivity contribution in [2.45, 2.75) is 44.3 Å². The van der Waals surface area contributed by atoms with Crippen LogP contribution in [0.3, 0.4) is 0 Å². The van der Waals surface area contributed by atoms with Crippen molar-refractivity contribution < 1.29 is 26.8 Å². The van der Waals surface area contributed by atoms with E-state index in [-0.39, 0.29) is 18.4 Å². The number of thioether (sulfide) groups is 1. The molecule has 0 spiro atoms. The largest absolute Gasteiger partial charge is 0.492 e. The number of rotatable bonds is 6. The smallest absolute Gasteiger partial charge is 0.450 e. The maximum Gasteiger partial charge on any atom is 0.450 e. The molecule has 0 amide bonds. The molecule has 3 rings (SSSR count). The molecule has 3 aromatic rings. The third-order valence-corrected chi connectivity index (χ3v) is 4.34. The number of halogens is 3. The number of hydrogen-bond donors (Lipinski definition) is 0. The summed E-state index contributed by atoms with van der Waals surface area (Å²) in [6, 6.07) is 3.75. The summed E-state index contributed by atoms with van der Waals surface area (Å²) >= 11 is -0.441. The molecule has 0 aliphatic carbocycles. The average Bonchev–Trinajstić information content (AvgIpc) is 3.21. The van der Waals surface area contributed by atoms with Gasteiger partial charge in [-0.05, 0) is 37.1 Å². The molecule has 0 fully saturated rings. The molecule has 1 aromatic carbocycles. The Kier molecular flexibility index (Phi) is 5.64. The molecule has 2 heterocycles. The molecule has 1 atom stereocenters. The van der Waals surface area contributed by atoms with Crippen LogP contribution in [0.5, 0.6) is 5.75 Å². The van der Waals surface area contributed by atoms with E-state index in [2.05, 4.69) is 20.3 Å². The van der Waals surface area contributed by atoms with Crippen LogP contribution in [0.2, 0.25) is 0 Å². The van der Waals surface area contributed by atoms with E-state index in [1.807, 2.05) is 26.0 Å². The highest BCUT2D eigenvalue weighted by Crippen LogP contribution is 2.36. The van der Waals surface area contributed by atoms with Gasteiger partial charge in [0, 0.05) is 24.2 Å². The van der Waals surface area contributed by atoms with E-state index in [9.17, 15) is 13.2 Å². The molecule has 0 saturated heterocycles. The van der Waals surface area contributed by atoms with Crippen molar-refractivity contribution in [1.29, 1.82) is 0 Å². The Morgan fingerprint density at radius 3 is 2.39 bits per heavy atom. The molecule has 2 aromatic heterocycles.